The third-order valence-electron chi connectivity index (χ3n) is 5.35. The molecule has 4 rings (SSSR count). The average molecular weight is 431 g/mol. The van der Waals surface area contributed by atoms with Crippen LogP contribution in [0.2, 0.25) is 5.02 Å². The maximum atomic E-state index is 13.5. The van der Waals surface area contributed by atoms with Gasteiger partial charge in [-0.1, -0.05) is 23.7 Å². The van der Waals surface area contributed by atoms with E-state index < -0.39 is 29.3 Å². The minimum atomic E-state index is -2.18. The van der Waals surface area contributed by atoms with E-state index in [0.29, 0.717) is 11.4 Å². The number of carbonyl (C=O) groups excluding carboxylic acids is 2. The molecule has 0 bridgehead atoms. The van der Waals surface area contributed by atoms with Crippen LogP contribution in [-0.4, -0.2) is 43.9 Å². The molecule has 1 saturated heterocycles. The molecule has 0 saturated carbocycles. The summed E-state index contributed by atoms with van der Waals surface area (Å²) in [7, 11) is 0. The van der Waals surface area contributed by atoms with E-state index in [1.54, 1.807) is 6.92 Å². The lowest BCUT2D eigenvalue weighted by Gasteiger charge is -2.25. The molecule has 3 N–H and O–H groups in total. The Hall–Kier alpha value is -2.97. The number of aliphatic hydroxyl groups is 1. The number of fused-ring (bicyclic) bond motifs is 1. The summed E-state index contributed by atoms with van der Waals surface area (Å²) < 4.78 is 13.5. The van der Waals surface area contributed by atoms with Gasteiger partial charge in [-0.05, 0) is 42.8 Å². The number of carbonyl (C=O) groups is 2. The molecule has 2 unspecified atom stereocenters. The summed E-state index contributed by atoms with van der Waals surface area (Å²) >= 11 is 5.81. The third kappa shape index (κ3) is 3.64. The Labute approximate surface area is 176 Å². The molecular formula is C21H20ClFN4O3. The fourth-order valence-corrected chi connectivity index (χ4v) is 3.91. The molecule has 0 aliphatic carbocycles. The zero-order valence-corrected chi connectivity index (χ0v) is 16.9. The Bertz CT molecular complexity index is 1080. The molecule has 1 aromatic heterocycles. The fourth-order valence-electron chi connectivity index (χ4n) is 3.67. The lowest BCUT2D eigenvalue weighted by atomic mass is 10.0. The van der Waals surface area contributed by atoms with E-state index in [1.165, 1.54) is 17.0 Å². The number of hydrogen-bond acceptors (Lipinski definition) is 4. The molecule has 9 heteroatoms. The van der Waals surface area contributed by atoms with Crippen molar-refractivity contribution in [1.82, 2.24) is 20.2 Å². The van der Waals surface area contributed by atoms with Crippen LogP contribution in [0.1, 0.15) is 30.8 Å². The molecule has 156 valence electrons. The van der Waals surface area contributed by atoms with Gasteiger partial charge in [0.05, 0.1) is 17.1 Å². The number of likely N-dealkylation sites (tertiary alicyclic amines) is 1. The highest BCUT2D eigenvalue weighted by atomic mass is 35.5. The molecular weight excluding hydrogens is 411 g/mol. The van der Waals surface area contributed by atoms with Gasteiger partial charge < -0.3 is 20.3 Å². The summed E-state index contributed by atoms with van der Waals surface area (Å²) in [5, 5.41) is 13.5. The molecule has 2 heterocycles. The normalized spacial score (nSPS) is 20.0. The van der Waals surface area contributed by atoms with Gasteiger partial charge in [-0.2, -0.15) is 0 Å². The molecule has 1 fully saturated rings. The van der Waals surface area contributed by atoms with Crippen LogP contribution in [0.5, 0.6) is 0 Å². The Morgan fingerprint density at radius 3 is 2.90 bits per heavy atom. The number of aromatic nitrogens is 2. The predicted octanol–water partition coefficient (Wildman–Crippen LogP) is 2.70. The van der Waals surface area contributed by atoms with Crippen LogP contribution in [0.4, 0.5) is 4.39 Å². The number of benzene rings is 2. The molecule has 30 heavy (non-hydrogen) atoms. The number of para-hydroxylation sites is 2. The number of hydrogen-bond donors (Lipinski definition) is 3. The number of rotatable bonds is 5. The van der Waals surface area contributed by atoms with Crippen LogP contribution in [0.15, 0.2) is 42.5 Å². The van der Waals surface area contributed by atoms with Gasteiger partial charge in [0.1, 0.15) is 11.6 Å². The second kappa shape index (κ2) is 7.70. The van der Waals surface area contributed by atoms with E-state index in [4.69, 9.17) is 11.6 Å². The highest BCUT2D eigenvalue weighted by molar-refractivity contribution is 6.30. The van der Waals surface area contributed by atoms with Crippen LogP contribution in [0.3, 0.4) is 0 Å². The topological polar surface area (TPSA) is 98.3 Å². The highest BCUT2D eigenvalue weighted by Gasteiger charge is 2.52. The van der Waals surface area contributed by atoms with Gasteiger partial charge in [0.2, 0.25) is 5.60 Å². The highest BCUT2D eigenvalue weighted by Crippen LogP contribution is 2.31. The van der Waals surface area contributed by atoms with E-state index in [1.807, 2.05) is 24.3 Å². The number of H-pyrrole nitrogens is 1. The van der Waals surface area contributed by atoms with Crippen molar-refractivity contribution in [3.8, 4) is 0 Å². The molecule has 3 aromatic rings. The number of nitrogens with zero attached hydrogens (tertiary/aromatic N) is 2. The third-order valence-corrected chi connectivity index (χ3v) is 5.57. The van der Waals surface area contributed by atoms with Gasteiger partial charge in [0.15, 0.2) is 0 Å². The fraction of sp³-hybridized carbons (Fsp3) is 0.286. The molecule has 0 radical (unpaired) electrons. The van der Waals surface area contributed by atoms with Crippen molar-refractivity contribution in [2.75, 3.05) is 6.54 Å². The molecule has 7 nitrogen and oxygen atoms in total. The van der Waals surface area contributed by atoms with Crippen molar-refractivity contribution in [2.45, 2.75) is 31.5 Å². The SMILES string of the molecule is CC(c1nc2ccccc2[nH]1)N1CCC(O)(C(=O)NCc2cc(F)cc(Cl)c2)C1=O. The molecule has 2 aromatic carbocycles. The average Bonchev–Trinajstić information content (AvgIpc) is 3.27. The minimum absolute atomic E-state index is 0.0495. The van der Waals surface area contributed by atoms with E-state index >= 15 is 0 Å². The molecule has 2 amide bonds. The summed E-state index contributed by atoms with van der Waals surface area (Å²) in [4.78, 5) is 34.6. The molecule has 2 atom stereocenters. The Morgan fingerprint density at radius 1 is 1.40 bits per heavy atom. The predicted molar refractivity (Wildman–Crippen MR) is 109 cm³/mol. The monoisotopic (exact) mass is 430 g/mol. The molecule has 1 aliphatic heterocycles. The summed E-state index contributed by atoms with van der Waals surface area (Å²) in [6.45, 7) is 1.92. The first-order chi connectivity index (χ1) is 14.3. The first-order valence-corrected chi connectivity index (χ1v) is 9.87. The Kier molecular flexibility index (Phi) is 5.21. The molecule has 1 aliphatic rings. The Balaban J connectivity index is 1.47. The number of halogens is 2. The maximum Gasteiger partial charge on any atom is 0.265 e. The van der Waals surface area contributed by atoms with Crippen LogP contribution < -0.4 is 5.32 Å². The van der Waals surface area contributed by atoms with Crippen molar-refractivity contribution < 1.29 is 19.1 Å². The summed E-state index contributed by atoms with van der Waals surface area (Å²) in [6, 6.07) is 10.9. The van der Waals surface area contributed by atoms with E-state index in [0.717, 1.165) is 17.1 Å². The summed E-state index contributed by atoms with van der Waals surface area (Å²) in [5.74, 6) is -1.48. The van der Waals surface area contributed by atoms with E-state index in [9.17, 15) is 19.1 Å². The number of aromatic amines is 1. The van der Waals surface area contributed by atoms with Gasteiger partial charge in [-0.3, -0.25) is 9.59 Å². The second-order valence-corrected chi connectivity index (χ2v) is 7.82. The first kappa shape index (κ1) is 20.3. The minimum Gasteiger partial charge on any atom is -0.372 e. The van der Waals surface area contributed by atoms with Crippen molar-refractivity contribution in [2.24, 2.45) is 0 Å². The molecule has 0 spiro atoms. The largest absolute Gasteiger partial charge is 0.372 e. The van der Waals surface area contributed by atoms with Crippen LogP contribution in [0.25, 0.3) is 11.0 Å². The standard InChI is InChI=1S/C21H20ClFN4O3/c1-12(18-25-16-4-2-3-5-17(16)26-18)27-7-6-21(30,20(27)29)19(28)24-11-13-8-14(22)10-15(23)9-13/h2-5,8-10,12,30H,6-7,11H2,1H3,(H,24,28)(H,25,26). The van der Waals surface area contributed by atoms with Crippen molar-refractivity contribution >= 4 is 34.4 Å². The van der Waals surface area contributed by atoms with Crippen molar-refractivity contribution in [1.29, 1.82) is 0 Å². The second-order valence-electron chi connectivity index (χ2n) is 7.38. The number of nitrogens with one attached hydrogen (secondary N) is 2. The number of imidazole rings is 1. The summed E-state index contributed by atoms with van der Waals surface area (Å²) in [6.07, 6.45) is -0.0495. The smallest absolute Gasteiger partial charge is 0.265 e. The van der Waals surface area contributed by atoms with Gasteiger partial charge in [0, 0.05) is 24.5 Å². The van der Waals surface area contributed by atoms with Gasteiger partial charge in [0.25, 0.3) is 11.8 Å². The van der Waals surface area contributed by atoms with Gasteiger partial charge in [-0.25, -0.2) is 9.37 Å². The van der Waals surface area contributed by atoms with E-state index in [2.05, 4.69) is 15.3 Å². The lowest BCUT2D eigenvalue weighted by molar-refractivity contribution is -0.155. The van der Waals surface area contributed by atoms with Crippen molar-refractivity contribution in [3.63, 3.8) is 0 Å². The first-order valence-electron chi connectivity index (χ1n) is 9.49. The van der Waals surface area contributed by atoms with Crippen LogP contribution in [-0.2, 0) is 16.1 Å². The quantitative estimate of drug-likeness (QED) is 0.542. The van der Waals surface area contributed by atoms with E-state index in [-0.39, 0.29) is 24.5 Å². The van der Waals surface area contributed by atoms with Crippen LogP contribution >= 0.6 is 11.6 Å². The zero-order chi connectivity index (χ0) is 21.5. The van der Waals surface area contributed by atoms with Gasteiger partial charge in [-0.15, -0.1) is 0 Å². The van der Waals surface area contributed by atoms with Gasteiger partial charge >= 0.3 is 0 Å². The number of amides is 2. The van der Waals surface area contributed by atoms with Crippen LogP contribution in [0, 0.1) is 5.82 Å². The lowest BCUT2D eigenvalue weighted by Crippen LogP contribution is -2.52. The zero-order valence-electron chi connectivity index (χ0n) is 16.2. The van der Waals surface area contributed by atoms with Crippen molar-refractivity contribution in [3.05, 3.63) is 64.7 Å². The Morgan fingerprint density at radius 2 is 2.17 bits per heavy atom. The maximum absolute atomic E-state index is 13.5. The summed E-state index contributed by atoms with van der Waals surface area (Å²) in [5.41, 5.74) is -0.146.